The summed E-state index contributed by atoms with van der Waals surface area (Å²) in [5.74, 6) is -1.08. The van der Waals surface area contributed by atoms with E-state index in [1.54, 1.807) is 0 Å². The van der Waals surface area contributed by atoms with Crippen molar-refractivity contribution in [2.24, 2.45) is 5.92 Å². The van der Waals surface area contributed by atoms with Crippen LogP contribution in [0.15, 0.2) is 18.2 Å². The Labute approximate surface area is 101 Å². The molecule has 0 aliphatic heterocycles. The lowest BCUT2D eigenvalue weighted by Gasteiger charge is -2.19. The molecule has 0 spiro atoms. The second-order valence-corrected chi connectivity index (χ2v) is 4.74. The molecule has 0 aromatic heterocycles. The van der Waals surface area contributed by atoms with E-state index >= 15 is 0 Å². The summed E-state index contributed by atoms with van der Waals surface area (Å²) in [5.41, 5.74) is 0.684. The maximum atomic E-state index is 13.2. The van der Waals surface area contributed by atoms with Crippen LogP contribution >= 0.6 is 0 Å². The summed E-state index contributed by atoms with van der Waals surface area (Å²) in [4.78, 5) is 12.8. The number of halogens is 1. The Bertz CT molecular complexity index is 404. The van der Waals surface area contributed by atoms with Crippen molar-refractivity contribution in [1.82, 2.24) is 4.90 Å². The Morgan fingerprint density at radius 3 is 2.59 bits per heavy atom. The largest absolute Gasteiger partial charge is 0.478 e. The van der Waals surface area contributed by atoms with E-state index in [9.17, 15) is 9.18 Å². The predicted molar refractivity (Wildman–Crippen MR) is 64.5 cm³/mol. The van der Waals surface area contributed by atoms with Crippen molar-refractivity contribution in [3.8, 4) is 0 Å². The van der Waals surface area contributed by atoms with Gasteiger partial charge in [-0.25, -0.2) is 9.18 Å². The molecule has 0 bridgehead atoms. The van der Waals surface area contributed by atoms with Gasteiger partial charge in [0.05, 0.1) is 5.56 Å². The molecule has 1 aromatic carbocycles. The first kappa shape index (κ1) is 13.6. The number of rotatable bonds is 5. The average Bonchev–Trinajstić information content (AvgIpc) is 2.14. The van der Waals surface area contributed by atoms with Gasteiger partial charge in [0, 0.05) is 13.1 Å². The molecule has 0 saturated carbocycles. The van der Waals surface area contributed by atoms with Gasteiger partial charge in [-0.1, -0.05) is 13.8 Å². The Morgan fingerprint density at radius 2 is 2.06 bits per heavy atom. The van der Waals surface area contributed by atoms with Crippen LogP contribution in [0.4, 0.5) is 4.39 Å². The number of aromatic carboxylic acids is 1. The number of hydrogen-bond donors (Lipinski definition) is 1. The van der Waals surface area contributed by atoms with E-state index in [1.807, 2.05) is 11.9 Å². The number of benzene rings is 1. The van der Waals surface area contributed by atoms with Gasteiger partial charge in [-0.15, -0.1) is 0 Å². The van der Waals surface area contributed by atoms with Crippen LogP contribution in [0, 0.1) is 11.7 Å². The molecule has 0 amide bonds. The van der Waals surface area contributed by atoms with Gasteiger partial charge in [-0.3, -0.25) is 0 Å². The van der Waals surface area contributed by atoms with Crippen LogP contribution in [0.2, 0.25) is 0 Å². The molecule has 0 atom stereocenters. The molecule has 17 heavy (non-hydrogen) atoms. The van der Waals surface area contributed by atoms with E-state index in [0.717, 1.165) is 12.6 Å². The quantitative estimate of drug-likeness (QED) is 0.858. The molecule has 0 aliphatic rings. The highest BCUT2D eigenvalue weighted by Crippen LogP contribution is 2.12. The van der Waals surface area contributed by atoms with Crippen molar-refractivity contribution < 1.29 is 14.3 Å². The van der Waals surface area contributed by atoms with Crippen LogP contribution < -0.4 is 0 Å². The number of hydrogen-bond acceptors (Lipinski definition) is 2. The Morgan fingerprint density at radius 1 is 1.41 bits per heavy atom. The second-order valence-electron chi connectivity index (χ2n) is 4.74. The zero-order chi connectivity index (χ0) is 13.0. The third-order valence-electron chi connectivity index (χ3n) is 2.33. The van der Waals surface area contributed by atoms with E-state index in [2.05, 4.69) is 13.8 Å². The van der Waals surface area contributed by atoms with Crippen LogP contribution in [0.25, 0.3) is 0 Å². The molecule has 0 unspecified atom stereocenters. The second kappa shape index (κ2) is 5.77. The SMILES string of the molecule is CC(C)CN(C)Cc1cc(F)cc(C(=O)O)c1. The predicted octanol–water partition coefficient (Wildman–Crippen LogP) is 2.61. The van der Waals surface area contributed by atoms with Crippen LogP contribution in [-0.2, 0) is 6.54 Å². The van der Waals surface area contributed by atoms with Gasteiger partial charge in [0.2, 0.25) is 0 Å². The molecular weight excluding hydrogens is 221 g/mol. The fourth-order valence-corrected chi connectivity index (χ4v) is 1.86. The van der Waals surface area contributed by atoms with Gasteiger partial charge in [-0.05, 0) is 36.7 Å². The molecule has 0 fully saturated rings. The molecule has 94 valence electrons. The standard InChI is InChI=1S/C13H18FNO2/c1-9(2)7-15(3)8-10-4-11(13(16)17)6-12(14)5-10/h4-6,9H,7-8H2,1-3H3,(H,16,17). The minimum absolute atomic E-state index is 0.00190. The number of carboxylic acid groups (broad SMARTS) is 1. The van der Waals surface area contributed by atoms with Crippen LogP contribution in [0.1, 0.15) is 29.8 Å². The maximum absolute atomic E-state index is 13.2. The van der Waals surface area contributed by atoms with Gasteiger partial charge in [-0.2, -0.15) is 0 Å². The first-order valence-electron chi connectivity index (χ1n) is 5.59. The van der Waals surface area contributed by atoms with E-state index in [4.69, 9.17) is 5.11 Å². The summed E-state index contributed by atoms with van der Waals surface area (Å²) >= 11 is 0. The third-order valence-corrected chi connectivity index (χ3v) is 2.33. The van der Waals surface area contributed by atoms with Crippen molar-refractivity contribution in [2.75, 3.05) is 13.6 Å². The fourth-order valence-electron chi connectivity index (χ4n) is 1.86. The average molecular weight is 239 g/mol. The first-order valence-corrected chi connectivity index (χ1v) is 5.59. The minimum atomic E-state index is -1.10. The van der Waals surface area contributed by atoms with Gasteiger partial charge in [0.25, 0.3) is 0 Å². The van der Waals surface area contributed by atoms with Gasteiger partial charge in [0.1, 0.15) is 5.82 Å². The van der Waals surface area contributed by atoms with Crippen molar-refractivity contribution in [3.05, 3.63) is 35.1 Å². The third kappa shape index (κ3) is 4.53. The van der Waals surface area contributed by atoms with E-state index in [1.165, 1.54) is 12.1 Å². The highest BCUT2D eigenvalue weighted by molar-refractivity contribution is 5.87. The van der Waals surface area contributed by atoms with Crippen molar-refractivity contribution >= 4 is 5.97 Å². The van der Waals surface area contributed by atoms with Crippen LogP contribution in [0.5, 0.6) is 0 Å². The monoisotopic (exact) mass is 239 g/mol. The molecule has 1 rings (SSSR count). The van der Waals surface area contributed by atoms with Gasteiger partial charge in [0.15, 0.2) is 0 Å². The molecule has 0 saturated heterocycles. The highest BCUT2D eigenvalue weighted by Gasteiger charge is 2.09. The van der Waals surface area contributed by atoms with Crippen molar-refractivity contribution in [3.63, 3.8) is 0 Å². The summed E-state index contributed by atoms with van der Waals surface area (Å²) in [6, 6.07) is 3.93. The molecule has 0 aliphatic carbocycles. The lowest BCUT2D eigenvalue weighted by atomic mass is 10.1. The lowest BCUT2D eigenvalue weighted by molar-refractivity contribution is 0.0696. The summed E-state index contributed by atoms with van der Waals surface area (Å²) in [5, 5.41) is 8.83. The Kier molecular flexibility index (Phi) is 4.63. The molecule has 0 radical (unpaired) electrons. The Balaban J connectivity index is 2.80. The highest BCUT2D eigenvalue weighted by atomic mass is 19.1. The molecule has 0 heterocycles. The summed E-state index contributed by atoms with van der Waals surface area (Å²) < 4.78 is 13.2. The van der Waals surface area contributed by atoms with Crippen LogP contribution in [0.3, 0.4) is 0 Å². The fraction of sp³-hybridized carbons (Fsp3) is 0.462. The van der Waals surface area contributed by atoms with Crippen LogP contribution in [-0.4, -0.2) is 29.6 Å². The van der Waals surface area contributed by atoms with Crippen molar-refractivity contribution in [1.29, 1.82) is 0 Å². The lowest BCUT2D eigenvalue weighted by Crippen LogP contribution is -2.22. The molecule has 3 nitrogen and oxygen atoms in total. The maximum Gasteiger partial charge on any atom is 0.335 e. The number of nitrogens with zero attached hydrogens (tertiary/aromatic N) is 1. The van der Waals surface area contributed by atoms with Crippen molar-refractivity contribution in [2.45, 2.75) is 20.4 Å². The number of carboxylic acids is 1. The van der Waals surface area contributed by atoms with E-state index in [-0.39, 0.29) is 5.56 Å². The topological polar surface area (TPSA) is 40.5 Å². The first-order chi connectivity index (χ1) is 7.88. The smallest absolute Gasteiger partial charge is 0.335 e. The minimum Gasteiger partial charge on any atom is -0.478 e. The zero-order valence-corrected chi connectivity index (χ0v) is 10.4. The Hall–Kier alpha value is -1.42. The van der Waals surface area contributed by atoms with E-state index < -0.39 is 11.8 Å². The number of carbonyl (C=O) groups is 1. The normalized spacial score (nSPS) is 11.2. The summed E-state index contributed by atoms with van der Waals surface area (Å²) in [7, 11) is 1.94. The molecule has 1 aromatic rings. The summed E-state index contributed by atoms with van der Waals surface area (Å²) in [6.07, 6.45) is 0. The van der Waals surface area contributed by atoms with Gasteiger partial charge >= 0.3 is 5.97 Å². The summed E-state index contributed by atoms with van der Waals surface area (Å²) in [6.45, 7) is 5.64. The zero-order valence-electron chi connectivity index (χ0n) is 10.4. The molecule has 1 N–H and O–H groups in total. The molecule has 4 heteroatoms. The van der Waals surface area contributed by atoms with Gasteiger partial charge < -0.3 is 10.0 Å². The molecular formula is C13H18FNO2. The van der Waals surface area contributed by atoms with E-state index in [0.29, 0.717) is 18.0 Å².